The van der Waals surface area contributed by atoms with Crippen molar-refractivity contribution in [3.8, 4) is 11.5 Å². The van der Waals surface area contributed by atoms with Gasteiger partial charge in [-0.15, -0.1) is 9.15 Å². The summed E-state index contributed by atoms with van der Waals surface area (Å²) in [5, 5.41) is 0.780. The Labute approximate surface area is 160 Å². The number of likely N-dealkylation sites (N-methyl/N-ethyl adjacent to an activating group) is 2. The van der Waals surface area contributed by atoms with Gasteiger partial charge in [0.05, 0.1) is 10.6 Å². The fourth-order valence-electron chi connectivity index (χ4n) is 3.05. The van der Waals surface area contributed by atoms with E-state index in [4.69, 9.17) is 9.47 Å². The number of fused-ring (bicyclic) bond motifs is 2. The first-order valence-corrected chi connectivity index (χ1v) is 9.88. The minimum atomic E-state index is -3.93. The first-order valence-electron chi connectivity index (χ1n) is 8.40. The molecule has 2 aliphatic heterocycles. The maximum absolute atomic E-state index is 12.8. The van der Waals surface area contributed by atoms with Crippen molar-refractivity contribution >= 4 is 27.5 Å². The molecule has 0 saturated carbocycles. The van der Waals surface area contributed by atoms with E-state index >= 15 is 0 Å². The van der Waals surface area contributed by atoms with Crippen LogP contribution in [0.1, 0.15) is 0 Å². The van der Waals surface area contributed by atoms with Crippen LogP contribution in [0.2, 0.25) is 0 Å². The maximum atomic E-state index is 12.8. The second-order valence-electron chi connectivity index (χ2n) is 6.34. The second-order valence-corrected chi connectivity index (χ2v) is 8.03. The summed E-state index contributed by atoms with van der Waals surface area (Å²) in [5.41, 5.74) is 0.318. The highest BCUT2D eigenvalue weighted by Crippen LogP contribution is 2.33. The Hall–Kier alpha value is -3.27. The van der Waals surface area contributed by atoms with E-state index in [0.29, 0.717) is 41.1 Å². The number of hydrogen-bond acceptors (Lipinski definition) is 6. The molecule has 0 radical (unpaired) electrons. The van der Waals surface area contributed by atoms with Gasteiger partial charge in [0.15, 0.2) is 11.5 Å². The van der Waals surface area contributed by atoms with E-state index in [1.807, 2.05) is 0 Å². The normalized spacial score (nSPS) is 16.1. The van der Waals surface area contributed by atoms with Gasteiger partial charge in [0.2, 0.25) is 0 Å². The number of carbonyl (C=O) groups is 2. The molecular formula is C18H17N3O6S+2. The number of nitrogens with one attached hydrogen (secondary N) is 1. The number of carbonyl (C=O) groups excluding carboxylic acids is 2. The monoisotopic (exact) mass is 403 g/mol. The van der Waals surface area contributed by atoms with Crippen LogP contribution in [0.3, 0.4) is 0 Å². The molecule has 1 N–H and O–H groups in total. The number of hydrogen-bond donors (Lipinski definition) is 1. The van der Waals surface area contributed by atoms with E-state index in [-0.39, 0.29) is 4.90 Å². The highest BCUT2D eigenvalue weighted by molar-refractivity contribution is 7.92. The van der Waals surface area contributed by atoms with Crippen LogP contribution in [0, 0.1) is 0 Å². The Morgan fingerprint density at radius 1 is 0.857 bits per heavy atom. The number of anilines is 1. The second kappa shape index (κ2) is 6.41. The SMILES string of the molecule is C[N+]1=c2ccc(S(=O)(=O)Nc3ccc4c(c3)OCCO4)cc2=[N+](C)C(=O)C1=O. The lowest BCUT2D eigenvalue weighted by Crippen LogP contribution is -2.58. The van der Waals surface area contributed by atoms with E-state index < -0.39 is 21.8 Å². The largest absolute Gasteiger partial charge is 0.528 e. The third kappa shape index (κ3) is 2.91. The third-order valence-corrected chi connectivity index (χ3v) is 5.95. The van der Waals surface area contributed by atoms with Crippen LogP contribution in [-0.2, 0) is 19.6 Å². The summed E-state index contributed by atoms with van der Waals surface area (Å²) < 4.78 is 41.4. The Kier molecular flexibility index (Phi) is 4.15. The number of sulfonamides is 1. The lowest BCUT2D eigenvalue weighted by atomic mass is 10.3. The van der Waals surface area contributed by atoms with Gasteiger partial charge in [0.1, 0.15) is 27.3 Å². The van der Waals surface area contributed by atoms with Gasteiger partial charge in [-0.1, -0.05) is 0 Å². The van der Waals surface area contributed by atoms with E-state index in [2.05, 4.69) is 4.72 Å². The van der Waals surface area contributed by atoms with Gasteiger partial charge in [-0.3, -0.25) is 4.72 Å². The highest BCUT2D eigenvalue weighted by Gasteiger charge is 2.39. The van der Waals surface area contributed by atoms with Gasteiger partial charge in [-0.05, 0) is 18.2 Å². The van der Waals surface area contributed by atoms with E-state index in [1.54, 1.807) is 18.2 Å². The molecule has 0 fully saturated rings. The summed E-state index contributed by atoms with van der Waals surface area (Å²) in [6, 6.07) is 8.99. The van der Waals surface area contributed by atoms with Crippen molar-refractivity contribution in [1.29, 1.82) is 0 Å². The smallest absolute Gasteiger partial charge is 0.486 e. The quantitative estimate of drug-likeness (QED) is 0.498. The molecule has 28 heavy (non-hydrogen) atoms. The van der Waals surface area contributed by atoms with Crippen molar-refractivity contribution in [3.05, 3.63) is 47.1 Å². The van der Waals surface area contributed by atoms with Gasteiger partial charge in [0.25, 0.3) is 20.7 Å². The minimum absolute atomic E-state index is 0.0384. The third-order valence-electron chi connectivity index (χ3n) is 4.57. The van der Waals surface area contributed by atoms with Gasteiger partial charge in [-0.25, -0.2) is 18.0 Å². The molecular weight excluding hydrogens is 386 g/mol. The van der Waals surface area contributed by atoms with Crippen molar-refractivity contribution in [2.45, 2.75) is 4.90 Å². The Morgan fingerprint density at radius 3 is 2.21 bits per heavy atom. The van der Waals surface area contributed by atoms with Gasteiger partial charge < -0.3 is 9.47 Å². The zero-order chi connectivity index (χ0) is 20.1. The summed E-state index contributed by atoms with van der Waals surface area (Å²) in [5.74, 6) is -0.400. The molecule has 0 bridgehead atoms. The molecule has 2 aliphatic rings. The van der Waals surface area contributed by atoms with Crippen molar-refractivity contribution in [3.63, 3.8) is 0 Å². The Morgan fingerprint density at radius 2 is 1.50 bits per heavy atom. The van der Waals surface area contributed by atoms with Gasteiger partial charge in [-0.2, -0.15) is 0 Å². The molecule has 0 aliphatic carbocycles. The van der Waals surface area contributed by atoms with E-state index in [1.165, 1.54) is 36.9 Å². The molecule has 2 aromatic carbocycles. The van der Waals surface area contributed by atoms with Gasteiger partial charge >= 0.3 is 11.8 Å². The summed E-state index contributed by atoms with van der Waals surface area (Å²) in [6.07, 6.45) is 0. The van der Waals surface area contributed by atoms with Crippen molar-refractivity contribution < 1.29 is 27.5 Å². The van der Waals surface area contributed by atoms with Crippen molar-refractivity contribution in [2.24, 2.45) is 0 Å². The molecule has 0 aromatic heterocycles. The Balaban J connectivity index is 1.76. The highest BCUT2D eigenvalue weighted by atomic mass is 32.2. The average Bonchev–Trinajstić information content (AvgIpc) is 2.69. The topological polar surface area (TPSA) is 105 Å². The molecule has 144 valence electrons. The summed E-state index contributed by atoms with van der Waals surface area (Å²) >= 11 is 0. The predicted molar refractivity (Wildman–Crippen MR) is 98.3 cm³/mol. The van der Waals surface area contributed by atoms with E-state index in [9.17, 15) is 18.0 Å². The van der Waals surface area contributed by atoms with Crippen LogP contribution in [0.5, 0.6) is 11.5 Å². The molecule has 0 unspecified atom stereocenters. The number of ether oxygens (including phenoxy) is 2. The molecule has 2 amide bonds. The maximum Gasteiger partial charge on any atom is 0.528 e. The lowest BCUT2D eigenvalue weighted by molar-refractivity contribution is -0.141. The number of amides is 2. The molecule has 4 rings (SSSR count). The summed E-state index contributed by atoms with van der Waals surface area (Å²) in [4.78, 5) is 23.9. The molecule has 2 heterocycles. The fourth-order valence-corrected chi connectivity index (χ4v) is 4.12. The van der Waals surface area contributed by atoms with E-state index in [0.717, 1.165) is 4.58 Å². The summed E-state index contributed by atoms with van der Waals surface area (Å²) in [7, 11) is -1.04. The summed E-state index contributed by atoms with van der Waals surface area (Å²) in [6.45, 7) is 0.830. The van der Waals surface area contributed by atoms with Crippen LogP contribution >= 0.6 is 0 Å². The predicted octanol–water partition coefficient (Wildman–Crippen LogP) is -1.43. The molecule has 2 aromatic rings. The van der Waals surface area contributed by atoms with Crippen LogP contribution in [0.4, 0.5) is 5.69 Å². The number of nitrogens with zero attached hydrogens (tertiary/aromatic N) is 2. The van der Waals surface area contributed by atoms with Crippen molar-refractivity contribution in [1.82, 2.24) is 9.15 Å². The molecule has 0 atom stereocenters. The first kappa shape index (κ1) is 18.1. The standard InChI is InChI=1S/C18H17N3O6S/c1-20-13-5-4-12(10-14(13)21(2)18(23)17(20)22)28(24,25)19-11-3-6-15-16(9-11)27-8-7-26-15/h3-6,9-10,19H,7-8H2,1-2H3/q+2. The number of rotatable bonds is 3. The molecule has 10 heteroatoms. The Bertz CT molecular complexity index is 1270. The zero-order valence-corrected chi connectivity index (χ0v) is 15.9. The van der Waals surface area contributed by atoms with Crippen LogP contribution in [-0.4, -0.2) is 47.5 Å². The zero-order valence-electron chi connectivity index (χ0n) is 15.1. The molecule has 0 saturated heterocycles. The number of benzene rings is 2. The molecule has 9 nitrogen and oxygen atoms in total. The van der Waals surface area contributed by atoms with Crippen LogP contribution < -0.4 is 34.1 Å². The fraction of sp³-hybridized carbons (Fsp3) is 0.222. The minimum Gasteiger partial charge on any atom is -0.486 e. The first-order chi connectivity index (χ1) is 13.3. The lowest BCUT2D eigenvalue weighted by Gasteiger charge is -2.19. The van der Waals surface area contributed by atoms with Crippen molar-refractivity contribution in [2.75, 3.05) is 32.0 Å². The molecule has 0 spiro atoms. The average molecular weight is 403 g/mol. The van der Waals surface area contributed by atoms with Crippen LogP contribution in [0.15, 0.2) is 41.3 Å². The van der Waals surface area contributed by atoms with Gasteiger partial charge in [0, 0.05) is 18.2 Å². The van der Waals surface area contributed by atoms with Crippen LogP contribution in [0.25, 0.3) is 0 Å².